The van der Waals surface area contributed by atoms with Gasteiger partial charge in [-0.1, -0.05) is 6.07 Å². The monoisotopic (exact) mass is 519 g/mol. The van der Waals surface area contributed by atoms with Crippen LogP contribution in [0.15, 0.2) is 26.9 Å². The molecule has 0 bridgehead atoms. The average molecular weight is 519 g/mol. The third kappa shape index (κ3) is 6.16. The first-order valence-corrected chi connectivity index (χ1v) is 10.2. The number of thiophene rings is 1. The maximum atomic E-state index is 5.71. The molecule has 0 aromatic carbocycles. The van der Waals surface area contributed by atoms with E-state index >= 15 is 0 Å². The molecule has 7 nitrogen and oxygen atoms in total. The van der Waals surface area contributed by atoms with Crippen molar-refractivity contribution in [1.82, 2.24) is 20.5 Å². The van der Waals surface area contributed by atoms with Crippen molar-refractivity contribution in [2.24, 2.45) is 4.99 Å². The SMILES string of the molecule is CN=C(NCc1nc(C)c(C)o1)NCC(c1cccs1)N1CCOC(C)C1.I. The van der Waals surface area contributed by atoms with Gasteiger partial charge in [0.05, 0.1) is 31.0 Å². The van der Waals surface area contributed by atoms with Crippen LogP contribution in [0.25, 0.3) is 0 Å². The number of hydrogen-bond donors (Lipinski definition) is 2. The Labute approximate surface area is 188 Å². The van der Waals surface area contributed by atoms with E-state index in [1.807, 2.05) is 13.8 Å². The maximum Gasteiger partial charge on any atom is 0.214 e. The molecule has 28 heavy (non-hydrogen) atoms. The molecule has 9 heteroatoms. The second-order valence-electron chi connectivity index (χ2n) is 6.76. The van der Waals surface area contributed by atoms with Crippen LogP contribution in [0.2, 0.25) is 0 Å². The fourth-order valence-electron chi connectivity index (χ4n) is 3.21. The van der Waals surface area contributed by atoms with E-state index in [1.54, 1.807) is 18.4 Å². The number of guanidine groups is 1. The number of nitrogens with one attached hydrogen (secondary N) is 2. The Hall–Kier alpha value is -1.17. The molecular formula is C19H30IN5O2S. The molecule has 0 aliphatic carbocycles. The molecule has 2 unspecified atom stereocenters. The van der Waals surface area contributed by atoms with E-state index in [0.29, 0.717) is 18.5 Å². The summed E-state index contributed by atoms with van der Waals surface area (Å²) >= 11 is 1.79. The van der Waals surface area contributed by atoms with Crippen molar-refractivity contribution in [3.8, 4) is 0 Å². The van der Waals surface area contributed by atoms with Gasteiger partial charge in [-0.3, -0.25) is 9.89 Å². The third-order valence-corrected chi connectivity index (χ3v) is 5.72. The summed E-state index contributed by atoms with van der Waals surface area (Å²) in [4.78, 5) is 12.6. The second kappa shape index (κ2) is 11.1. The highest BCUT2D eigenvalue weighted by atomic mass is 127. The van der Waals surface area contributed by atoms with Gasteiger partial charge in [-0.2, -0.15) is 0 Å². The predicted octanol–water partition coefficient (Wildman–Crippen LogP) is 3.10. The molecule has 3 heterocycles. The van der Waals surface area contributed by atoms with Gasteiger partial charge in [-0.05, 0) is 32.2 Å². The minimum atomic E-state index is 0. The fourth-order valence-corrected chi connectivity index (χ4v) is 4.07. The molecule has 2 N–H and O–H groups in total. The lowest BCUT2D eigenvalue weighted by molar-refractivity contribution is -0.0334. The van der Waals surface area contributed by atoms with E-state index in [4.69, 9.17) is 9.15 Å². The van der Waals surface area contributed by atoms with Crippen LogP contribution in [0.1, 0.15) is 35.2 Å². The van der Waals surface area contributed by atoms with E-state index in [-0.39, 0.29) is 30.1 Å². The van der Waals surface area contributed by atoms with Crippen LogP contribution in [0.5, 0.6) is 0 Å². The molecule has 1 saturated heterocycles. The molecule has 1 fully saturated rings. The molecule has 156 valence electrons. The molecule has 1 aliphatic rings. The summed E-state index contributed by atoms with van der Waals surface area (Å²) in [5, 5.41) is 8.87. The van der Waals surface area contributed by atoms with E-state index in [9.17, 15) is 0 Å². The minimum absolute atomic E-state index is 0. The zero-order valence-corrected chi connectivity index (χ0v) is 20.0. The summed E-state index contributed by atoms with van der Waals surface area (Å²) in [5.41, 5.74) is 0.925. The van der Waals surface area contributed by atoms with Gasteiger partial charge < -0.3 is 19.8 Å². The van der Waals surface area contributed by atoms with E-state index in [1.165, 1.54) is 4.88 Å². The number of aromatic nitrogens is 1. The number of nitrogens with zero attached hydrogens (tertiary/aromatic N) is 3. The van der Waals surface area contributed by atoms with Gasteiger partial charge in [0.25, 0.3) is 0 Å². The summed E-state index contributed by atoms with van der Waals surface area (Å²) in [6.45, 7) is 9.94. The molecule has 0 saturated carbocycles. The Balaban J connectivity index is 0.00000280. The maximum absolute atomic E-state index is 5.71. The third-order valence-electron chi connectivity index (χ3n) is 4.75. The van der Waals surface area contributed by atoms with E-state index < -0.39 is 0 Å². The quantitative estimate of drug-likeness (QED) is 0.347. The predicted molar refractivity (Wildman–Crippen MR) is 124 cm³/mol. The highest BCUT2D eigenvalue weighted by Gasteiger charge is 2.26. The van der Waals surface area contributed by atoms with Crippen molar-refractivity contribution in [1.29, 1.82) is 0 Å². The Morgan fingerprint density at radius 1 is 1.43 bits per heavy atom. The van der Waals surface area contributed by atoms with Gasteiger partial charge in [0, 0.05) is 31.6 Å². The standard InChI is InChI=1S/C19H29N5O2S.HI/c1-13-12-24(7-8-25-13)16(17-6-5-9-27-17)10-21-19(20-4)22-11-18-23-14(2)15(3)26-18;/h5-6,9,13,16H,7-8,10-12H2,1-4H3,(H2,20,21,22);1H. The Kier molecular flexibility index (Phi) is 9.19. The Morgan fingerprint density at radius 3 is 2.86 bits per heavy atom. The number of hydrogen-bond acceptors (Lipinski definition) is 6. The van der Waals surface area contributed by atoms with Gasteiger partial charge in [-0.15, -0.1) is 35.3 Å². The van der Waals surface area contributed by atoms with Gasteiger partial charge in [0.15, 0.2) is 5.96 Å². The number of aliphatic imine (C=N–C) groups is 1. The van der Waals surface area contributed by atoms with Crippen molar-refractivity contribution in [3.63, 3.8) is 0 Å². The van der Waals surface area contributed by atoms with Crippen molar-refractivity contribution in [2.45, 2.75) is 39.5 Å². The Morgan fingerprint density at radius 2 is 2.25 bits per heavy atom. The molecule has 2 aromatic heterocycles. The lowest BCUT2D eigenvalue weighted by atomic mass is 10.1. The molecule has 0 amide bonds. The molecule has 3 rings (SSSR count). The normalized spacial score (nSPS) is 19.1. The van der Waals surface area contributed by atoms with Crippen LogP contribution in [0.4, 0.5) is 0 Å². The zero-order chi connectivity index (χ0) is 19.2. The number of rotatable bonds is 6. The van der Waals surface area contributed by atoms with Crippen LogP contribution in [0.3, 0.4) is 0 Å². The summed E-state index contributed by atoms with van der Waals surface area (Å²) in [5.74, 6) is 2.27. The second-order valence-corrected chi connectivity index (χ2v) is 7.74. The van der Waals surface area contributed by atoms with Crippen molar-refractivity contribution >= 4 is 41.3 Å². The van der Waals surface area contributed by atoms with E-state index in [0.717, 1.165) is 43.7 Å². The lowest BCUT2D eigenvalue weighted by Gasteiger charge is -2.37. The summed E-state index contributed by atoms with van der Waals surface area (Å²) < 4.78 is 11.3. The van der Waals surface area contributed by atoms with Gasteiger partial charge >= 0.3 is 0 Å². The van der Waals surface area contributed by atoms with Crippen molar-refractivity contribution in [2.75, 3.05) is 33.3 Å². The first-order chi connectivity index (χ1) is 13.1. The minimum Gasteiger partial charge on any atom is -0.444 e. The summed E-state index contributed by atoms with van der Waals surface area (Å²) in [6, 6.07) is 4.60. The van der Waals surface area contributed by atoms with Crippen LogP contribution < -0.4 is 10.6 Å². The number of aryl methyl sites for hydroxylation is 2. The fraction of sp³-hybridized carbons (Fsp3) is 0.579. The molecule has 1 aliphatic heterocycles. The van der Waals surface area contributed by atoms with Gasteiger partial charge in [-0.25, -0.2) is 4.98 Å². The highest BCUT2D eigenvalue weighted by molar-refractivity contribution is 14.0. The zero-order valence-electron chi connectivity index (χ0n) is 16.9. The number of morpholine rings is 1. The topological polar surface area (TPSA) is 74.9 Å². The first kappa shape index (κ1) is 23.1. The molecular weight excluding hydrogens is 489 g/mol. The van der Waals surface area contributed by atoms with Crippen molar-refractivity contribution in [3.05, 3.63) is 39.7 Å². The molecule has 0 radical (unpaired) electrons. The average Bonchev–Trinajstić information content (AvgIpc) is 3.28. The molecule has 0 spiro atoms. The van der Waals surface area contributed by atoms with Crippen LogP contribution in [-0.4, -0.2) is 55.2 Å². The largest absolute Gasteiger partial charge is 0.444 e. The van der Waals surface area contributed by atoms with Crippen LogP contribution in [0, 0.1) is 13.8 Å². The van der Waals surface area contributed by atoms with Crippen LogP contribution >= 0.6 is 35.3 Å². The van der Waals surface area contributed by atoms with E-state index in [2.05, 4.69) is 49.9 Å². The van der Waals surface area contributed by atoms with Gasteiger partial charge in [0.2, 0.25) is 5.89 Å². The smallest absolute Gasteiger partial charge is 0.214 e. The lowest BCUT2D eigenvalue weighted by Crippen LogP contribution is -2.47. The number of halogens is 1. The highest BCUT2D eigenvalue weighted by Crippen LogP contribution is 2.26. The molecule has 2 atom stereocenters. The molecule has 2 aromatic rings. The van der Waals surface area contributed by atoms with Crippen molar-refractivity contribution < 1.29 is 9.15 Å². The first-order valence-electron chi connectivity index (χ1n) is 9.33. The summed E-state index contributed by atoms with van der Waals surface area (Å²) in [6.07, 6.45) is 0.259. The summed E-state index contributed by atoms with van der Waals surface area (Å²) in [7, 11) is 1.78. The van der Waals surface area contributed by atoms with Crippen LogP contribution in [-0.2, 0) is 11.3 Å². The van der Waals surface area contributed by atoms with Gasteiger partial charge in [0.1, 0.15) is 5.76 Å². The Bertz CT molecular complexity index is 730. The number of ether oxygens (including phenoxy) is 1. The number of oxazole rings is 1.